The van der Waals surface area contributed by atoms with Gasteiger partial charge in [-0.05, 0) is 17.2 Å². The standard InChI is InChI=1S/C21H18F5N3O3/c1-29-15-9-5-4-7-13(15)12-6-2-3-8-14(12)18(19(29)32)28-17(31)10-16(30)27-11-20(22,23)21(24,25)26/h2-9,18H,10-11H2,1H3,(H,27,30)(H,28,31)/t18-/m0/s1. The van der Waals surface area contributed by atoms with E-state index in [-0.39, 0.29) is 0 Å². The second-order valence-corrected chi connectivity index (χ2v) is 7.16. The lowest BCUT2D eigenvalue weighted by Gasteiger charge is -2.23. The fourth-order valence-corrected chi connectivity index (χ4v) is 3.30. The molecule has 3 rings (SSSR count). The minimum Gasteiger partial charge on any atom is -0.349 e. The Morgan fingerprint density at radius 2 is 1.53 bits per heavy atom. The van der Waals surface area contributed by atoms with E-state index in [0.29, 0.717) is 16.8 Å². The van der Waals surface area contributed by atoms with E-state index in [1.165, 1.54) is 17.3 Å². The van der Waals surface area contributed by atoms with Crippen LogP contribution < -0.4 is 15.5 Å². The topological polar surface area (TPSA) is 78.5 Å². The predicted octanol–water partition coefficient (Wildman–Crippen LogP) is 3.19. The maximum Gasteiger partial charge on any atom is 0.455 e. The van der Waals surface area contributed by atoms with E-state index in [1.54, 1.807) is 48.5 Å². The number of nitrogens with zero attached hydrogens (tertiary/aromatic N) is 1. The first-order valence-corrected chi connectivity index (χ1v) is 9.39. The van der Waals surface area contributed by atoms with Crippen molar-refractivity contribution in [3.05, 3.63) is 54.1 Å². The van der Waals surface area contributed by atoms with Gasteiger partial charge in [0.2, 0.25) is 11.8 Å². The summed E-state index contributed by atoms with van der Waals surface area (Å²) in [5.41, 5.74) is 2.45. The Bertz CT molecular complexity index is 1050. The summed E-state index contributed by atoms with van der Waals surface area (Å²) in [6.07, 6.45) is -6.87. The number of para-hydroxylation sites is 1. The summed E-state index contributed by atoms with van der Waals surface area (Å²) >= 11 is 0. The van der Waals surface area contributed by atoms with E-state index >= 15 is 0 Å². The molecule has 0 saturated carbocycles. The van der Waals surface area contributed by atoms with Crippen LogP contribution in [0.15, 0.2) is 48.5 Å². The Hall–Kier alpha value is -3.50. The molecule has 1 aliphatic heterocycles. The third kappa shape index (κ3) is 4.56. The number of rotatable bonds is 5. The van der Waals surface area contributed by atoms with Crippen LogP contribution in [0.4, 0.5) is 27.6 Å². The summed E-state index contributed by atoms with van der Waals surface area (Å²) in [4.78, 5) is 38.5. The van der Waals surface area contributed by atoms with Crippen molar-refractivity contribution in [1.29, 1.82) is 0 Å². The molecular formula is C21H18F5N3O3. The number of hydrogen-bond acceptors (Lipinski definition) is 3. The van der Waals surface area contributed by atoms with Gasteiger partial charge < -0.3 is 15.5 Å². The molecule has 6 nitrogen and oxygen atoms in total. The van der Waals surface area contributed by atoms with Crippen LogP contribution in [0.1, 0.15) is 18.0 Å². The highest BCUT2D eigenvalue weighted by Crippen LogP contribution is 2.39. The molecular weight excluding hydrogens is 437 g/mol. The van der Waals surface area contributed by atoms with Gasteiger partial charge in [-0.25, -0.2) is 0 Å². The van der Waals surface area contributed by atoms with Gasteiger partial charge in [0.25, 0.3) is 5.91 Å². The third-order valence-electron chi connectivity index (χ3n) is 4.95. The van der Waals surface area contributed by atoms with Gasteiger partial charge in [-0.1, -0.05) is 42.5 Å². The van der Waals surface area contributed by atoms with Gasteiger partial charge >= 0.3 is 12.1 Å². The van der Waals surface area contributed by atoms with Crippen LogP contribution in [0.2, 0.25) is 0 Å². The van der Waals surface area contributed by atoms with E-state index in [4.69, 9.17) is 0 Å². The molecule has 170 valence electrons. The van der Waals surface area contributed by atoms with Gasteiger partial charge in [-0.3, -0.25) is 14.4 Å². The van der Waals surface area contributed by atoms with Crippen molar-refractivity contribution < 1.29 is 36.3 Å². The average molecular weight is 455 g/mol. The summed E-state index contributed by atoms with van der Waals surface area (Å²) in [5, 5.41) is 3.79. The summed E-state index contributed by atoms with van der Waals surface area (Å²) in [5.74, 6) is -7.99. The molecule has 0 fully saturated rings. The normalized spacial score (nSPS) is 16.0. The predicted molar refractivity (Wildman–Crippen MR) is 105 cm³/mol. The minimum atomic E-state index is -5.83. The van der Waals surface area contributed by atoms with Gasteiger partial charge in [-0.2, -0.15) is 22.0 Å². The SMILES string of the molecule is CN1C(=O)[C@@H](NC(=O)CC(=O)NCC(F)(F)C(F)(F)F)c2ccccc2-c2ccccc21. The van der Waals surface area contributed by atoms with Gasteiger partial charge in [0.05, 0.1) is 12.2 Å². The van der Waals surface area contributed by atoms with Gasteiger partial charge in [0, 0.05) is 12.6 Å². The molecule has 11 heteroatoms. The fraction of sp³-hybridized carbons (Fsp3) is 0.286. The molecule has 1 aliphatic rings. The Kier molecular flexibility index (Phi) is 6.20. The highest BCUT2D eigenvalue weighted by molar-refractivity contribution is 6.07. The number of carbonyl (C=O) groups excluding carboxylic acids is 3. The third-order valence-corrected chi connectivity index (χ3v) is 4.95. The molecule has 0 radical (unpaired) electrons. The van der Waals surface area contributed by atoms with Crippen molar-refractivity contribution in [1.82, 2.24) is 10.6 Å². The zero-order chi connectivity index (χ0) is 23.7. The van der Waals surface area contributed by atoms with Crippen molar-refractivity contribution in [2.24, 2.45) is 0 Å². The first kappa shape index (κ1) is 23.2. The van der Waals surface area contributed by atoms with E-state index in [1.807, 2.05) is 0 Å². The summed E-state index contributed by atoms with van der Waals surface area (Å²) in [6, 6.07) is 12.6. The van der Waals surface area contributed by atoms with Crippen LogP contribution in [0.25, 0.3) is 11.1 Å². The highest BCUT2D eigenvalue weighted by atomic mass is 19.4. The van der Waals surface area contributed by atoms with Gasteiger partial charge in [0.1, 0.15) is 12.5 Å². The number of anilines is 1. The number of halogens is 5. The molecule has 0 unspecified atom stereocenters. The van der Waals surface area contributed by atoms with Crippen molar-refractivity contribution in [2.45, 2.75) is 24.6 Å². The van der Waals surface area contributed by atoms with Gasteiger partial charge in [0.15, 0.2) is 0 Å². The summed E-state index contributed by atoms with van der Waals surface area (Å²) in [6.45, 7) is -1.99. The maximum atomic E-state index is 13.0. The zero-order valence-corrected chi connectivity index (χ0v) is 16.7. The molecule has 1 heterocycles. The van der Waals surface area contributed by atoms with Gasteiger partial charge in [-0.15, -0.1) is 0 Å². The van der Waals surface area contributed by atoms with E-state index in [2.05, 4.69) is 5.32 Å². The van der Waals surface area contributed by atoms with Crippen molar-refractivity contribution in [3.63, 3.8) is 0 Å². The van der Waals surface area contributed by atoms with E-state index < -0.39 is 48.8 Å². The second-order valence-electron chi connectivity index (χ2n) is 7.16. The van der Waals surface area contributed by atoms with E-state index in [9.17, 15) is 36.3 Å². The number of fused-ring (bicyclic) bond motifs is 3. The Balaban J connectivity index is 1.76. The number of benzene rings is 2. The highest BCUT2D eigenvalue weighted by Gasteiger charge is 2.57. The lowest BCUT2D eigenvalue weighted by atomic mass is 9.95. The molecule has 0 saturated heterocycles. The second kappa shape index (κ2) is 8.56. The molecule has 1 atom stereocenters. The summed E-state index contributed by atoms with van der Waals surface area (Å²) in [7, 11) is 1.51. The molecule has 0 aromatic heterocycles. The Labute approximate surface area is 179 Å². The van der Waals surface area contributed by atoms with Crippen LogP contribution >= 0.6 is 0 Å². The van der Waals surface area contributed by atoms with Crippen molar-refractivity contribution in [3.8, 4) is 11.1 Å². The number of hydrogen-bond donors (Lipinski definition) is 2. The molecule has 2 aromatic carbocycles. The van der Waals surface area contributed by atoms with Crippen LogP contribution in [0.3, 0.4) is 0 Å². The zero-order valence-electron chi connectivity index (χ0n) is 16.7. The number of carbonyl (C=O) groups is 3. The number of alkyl halides is 5. The van der Waals surface area contributed by atoms with Crippen molar-refractivity contribution in [2.75, 3.05) is 18.5 Å². The maximum absolute atomic E-state index is 13.0. The van der Waals surface area contributed by atoms with Crippen LogP contribution in [-0.4, -0.2) is 43.4 Å². The fourth-order valence-electron chi connectivity index (χ4n) is 3.30. The number of amides is 3. The average Bonchev–Trinajstić information content (AvgIpc) is 2.82. The first-order valence-electron chi connectivity index (χ1n) is 9.39. The molecule has 0 aliphatic carbocycles. The number of likely N-dealkylation sites (N-methyl/N-ethyl adjacent to an activating group) is 1. The molecule has 3 amide bonds. The lowest BCUT2D eigenvalue weighted by Crippen LogP contribution is -2.48. The lowest BCUT2D eigenvalue weighted by molar-refractivity contribution is -0.278. The van der Waals surface area contributed by atoms with Crippen LogP contribution in [0, 0.1) is 0 Å². The minimum absolute atomic E-state index is 0.451. The molecule has 0 spiro atoms. The molecule has 0 bridgehead atoms. The monoisotopic (exact) mass is 455 g/mol. The summed E-state index contributed by atoms with van der Waals surface area (Å²) < 4.78 is 62.5. The van der Waals surface area contributed by atoms with Crippen molar-refractivity contribution >= 4 is 23.4 Å². The Morgan fingerprint density at radius 1 is 0.938 bits per heavy atom. The first-order chi connectivity index (χ1) is 14.9. The molecule has 2 N–H and O–H groups in total. The smallest absolute Gasteiger partial charge is 0.349 e. The van der Waals surface area contributed by atoms with Crippen LogP contribution in [-0.2, 0) is 14.4 Å². The molecule has 2 aromatic rings. The largest absolute Gasteiger partial charge is 0.455 e. The molecule has 32 heavy (non-hydrogen) atoms. The Morgan fingerprint density at radius 3 is 2.19 bits per heavy atom. The quantitative estimate of drug-likeness (QED) is 0.537. The van der Waals surface area contributed by atoms with E-state index in [0.717, 1.165) is 5.56 Å². The van der Waals surface area contributed by atoms with Crippen LogP contribution in [0.5, 0.6) is 0 Å². The number of nitrogens with one attached hydrogen (secondary N) is 2.